The molecule has 21 heavy (non-hydrogen) atoms. The zero-order valence-corrected chi connectivity index (χ0v) is 12.3. The molecule has 1 amide bonds. The van der Waals surface area contributed by atoms with E-state index in [2.05, 4.69) is 10.3 Å². The fraction of sp³-hybridized carbons (Fsp3) is 0.250. The number of aromatic nitrogens is 1. The van der Waals surface area contributed by atoms with Gasteiger partial charge >= 0.3 is 0 Å². The Morgan fingerprint density at radius 3 is 2.67 bits per heavy atom. The Morgan fingerprint density at radius 2 is 2.00 bits per heavy atom. The van der Waals surface area contributed by atoms with Crippen LogP contribution in [0.25, 0.3) is 0 Å². The minimum Gasteiger partial charge on any atom is -0.378 e. The van der Waals surface area contributed by atoms with Crippen LogP contribution in [0.4, 0.5) is 10.1 Å². The fourth-order valence-corrected chi connectivity index (χ4v) is 2.02. The standard InChI is InChI=1S/C16H18FN3O/c1-11(12-8-13(17)10-18-9-12)19-15-7-5-4-6-14(15)16(21)20(2)3/h4-11,19H,1-3H3. The van der Waals surface area contributed by atoms with Gasteiger partial charge in [-0.05, 0) is 30.7 Å². The lowest BCUT2D eigenvalue weighted by Gasteiger charge is -2.19. The van der Waals surface area contributed by atoms with Crippen LogP contribution in [0.2, 0.25) is 0 Å². The van der Waals surface area contributed by atoms with Gasteiger partial charge in [0, 0.05) is 26.0 Å². The summed E-state index contributed by atoms with van der Waals surface area (Å²) in [5, 5.41) is 3.24. The van der Waals surface area contributed by atoms with Crippen LogP contribution < -0.4 is 5.32 Å². The summed E-state index contributed by atoms with van der Waals surface area (Å²) in [5.74, 6) is -0.457. The maximum Gasteiger partial charge on any atom is 0.255 e. The first-order chi connectivity index (χ1) is 9.99. The minimum atomic E-state index is -0.376. The van der Waals surface area contributed by atoms with Gasteiger partial charge in [0.2, 0.25) is 0 Å². The summed E-state index contributed by atoms with van der Waals surface area (Å²) in [5.41, 5.74) is 2.02. The highest BCUT2D eigenvalue weighted by atomic mass is 19.1. The Bertz CT molecular complexity index is 643. The number of halogens is 1. The number of benzene rings is 1. The molecule has 1 aromatic heterocycles. The van der Waals surface area contributed by atoms with Crippen LogP contribution in [-0.2, 0) is 0 Å². The molecule has 0 aliphatic carbocycles. The van der Waals surface area contributed by atoms with Crippen LogP contribution in [-0.4, -0.2) is 29.9 Å². The van der Waals surface area contributed by atoms with Crippen LogP contribution in [0.1, 0.15) is 28.9 Å². The number of carbonyl (C=O) groups is 1. The zero-order valence-electron chi connectivity index (χ0n) is 12.3. The quantitative estimate of drug-likeness (QED) is 0.940. The van der Waals surface area contributed by atoms with Crippen molar-refractivity contribution in [2.24, 2.45) is 0 Å². The number of amides is 1. The predicted molar refractivity (Wildman–Crippen MR) is 80.7 cm³/mol. The van der Waals surface area contributed by atoms with Crippen molar-refractivity contribution in [2.45, 2.75) is 13.0 Å². The first-order valence-corrected chi connectivity index (χ1v) is 6.66. The molecule has 110 valence electrons. The van der Waals surface area contributed by atoms with E-state index in [1.807, 2.05) is 25.1 Å². The first kappa shape index (κ1) is 15.0. The Morgan fingerprint density at radius 1 is 1.29 bits per heavy atom. The third-order valence-electron chi connectivity index (χ3n) is 3.16. The lowest BCUT2D eigenvalue weighted by atomic mass is 10.1. The van der Waals surface area contributed by atoms with Gasteiger partial charge in [-0.1, -0.05) is 12.1 Å². The number of nitrogens with one attached hydrogen (secondary N) is 1. The van der Waals surface area contributed by atoms with E-state index in [0.29, 0.717) is 11.3 Å². The minimum absolute atomic E-state index is 0.0809. The molecule has 0 saturated carbocycles. The van der Waals surface area contributed by atoms with E-state index < -0.39 is 0 Å². The fourth-order valence-electron chi connectivity index (χ4n) is 2.02. The Balaban J connectivity index is 2.25. The van der Waals surface area contributed by atoms with Gasteiger partial charge < -0.3 is 10.2 Å². The van der Waals surface area contributed by atoms with E-state index in [0.717, 1.165) is 5.56 Å². The topological polar surface area (TPSA) is 45.2 Å². The second-order valence-corrected chi connectivity index (χ2v) is 5.05. The molecule has 5 heteroatoms. The van der Waals surface area contributed by atoms with Crippen molar-refractivity contribution in [2.75, 3.05) is 19.4 Å². The van der Waals surface area contributed by atoms with Gasteiger partial charge in [0.1, 0.15) is 5.82 Å². The normalized spacial score (nSPS) is 11.8. The van der Waals surface area contributed by atoms with E-state index in [1.165, 1.54) is 17.2 Å². The summed E-state index contributed by atoms with van der Waals surface area (Å²) in [6, 6.07) is 8.54. The summed E-state index contributed by atoms with van der Waals surface area (Å²) in [4.78, 5) is 17.5. The zero-order chi connectivity index (χ0) is 15.4. The van der Waals surface area contributed by atoms with Gasteiger partial charge in [-0.25, -0.2) is 4.39 Å². The number of anilines is 1. The van der Waals surface area contributed by atoms with Gasteiger partial charge in [0.15, 0.2) is 0 Å². The molecule has 0 aliphatic heterocycles. The third kappa shape index (κ3) is 3.56. The highest BCUT2D eigenvalue weighted by Crippen LogP contribution is 2.23. The number of carbonyl (C=O) groups excluding carboxylic acids is 1. The molecule has 2 rings (SSSR count). The van der Waals surface area contributed by atoms with Crippen LogP contribution in [0.3, 0.4) is 0 Å². The molecule has 0 bridgehead atoms. The summed E-state index contributed by atoms with van der Waals surface area (Å²) < 4.78 is 13.2. The van der Waals surface area contributed by atoms with Crippen molar-refractivity contribution < 1.29 is 9.18 Å². The van der Waals surface area contributed by atoms with Gasteiger partial charge in [0.25, 0.3) is 5.91 Å². The highest BCUT2D eigenvalue weighted by molar-refractivity contribution is 5.99. The average molecular weight is 287 g/mol. The number of nitrogens with zero attached hydrogens (tertiary/aromatic N) is 2. The molecular weight excluding hydrogens is 269 g/mol. The van der Waals surface area contributed by atoms with Crippen molar-refractivity contribution in [3.8, 4) is 0 Å². The molecule has 0 saturated heterocycles. The first-order valence-electron chi connectivity index (χ1n) is 6.66. The van der Waals surface area contributed by atoms with Crippen LogP contribution >= 0.6 is 0 Å². The highest BCUT2D eigenvalue weighted by Gasteiger charge is 2.15. The van der Waals surface area contributed by atoms with Crippen LogP contribution in [0.15, 0.2) is 42.7 Å². The second-order valence-electron chi connectivity index (χ2n) is 5.05. The van der Waals surface area contributed by atoms with E-state index in [9.17, 15) is 9.18 Å². The maximum absolute atomic E-state index is 13.2. The van der Waals surface area contributed by atoms with Gasteiger partial charge in [-0.15, -0.1) is 0 Å². The Hall–Kier alpha value is -2.43. The van der Waals surface area contributed by atoms with Crippen molar-refractivity contribution in [3.63, 3.8) is 0 Å². The van der Waals surface area contributed by atoms with Crippen molar-refractivity contribution >= 4 is 11.6 Å². The summed E-state index contributed by atoms with van der Waals surface area (Å²) >= 11 is 0. The van der Waals surface area contributed by atoms with Crippen LogP contribution in [0.5, 0.6) is 0 Å². The molecule has 4 nitrogen and oxygen atoms in total. The molecule has 2 aromatic rings. The average Bonchev–Trinajstić information content (AvgIpc) is 2.47. The molecule has 1 heterocycles. The van der Waals surface area contributed by atoms with E-state index in [-0.39, 0.29) is 17.8 Å². The molecule has 1 unspecified atom stereocenters. The molecule has 1 N–H and O–H groups in total. The number of pyridine rings is 1. The number of rotatable bonds is 4. The number of hydrogen-bond donors (Lipinski definition) is 1. The summed E-state index contributed by atoms with van der Waals surface area (Å²) in [6.07, 6.45) is 2.77. The van der Waals surface area contributed by atoms with Crippen LogP contribution in [0, 0.1) is 5.82 Å². The molecule has 0 fully saturated rings. The molecule has 1 aromatic carbocycles. The van der Waals surface area contributed by atoms with E-state index in [4.69, 9.17) is 0 Å². The molecule has 1 atom stereocenters. The summed E-state index contributed by atoms with van der Waals surface area (Å²) in [6.45, 7) is 1.90. The Labute approximate surface area is 123 Å². The lowest BCUT2D eigenvalue weighted by molar-refractivity contribution is 0.0828. The third-order valence-corrected chi connectivity index (χ3v) is 3.16. The second kappa shape index (κ2) is 6.35. The molecule has 0 radical (unpaired) electrons. The molecule has 0 aliphatic rings. The van der Waals surface area contributed by atoms with E-state index >= 15 is 0 Å². The smallest absolute Gasteiger partial charge is 0.255 e. The van der Waals surface area contributed by atoms with Crippen molar-refractivity contribution in [1.82, 2.24) is 9.88 Å². The predicted octanol–water partition coefficient (Wildman–Crippen LogP) is 3.10. The number of hydrogen-bond acceptors (Lipinski definition) is 3. The van der Waals surface area contributed by atoms with E-state index in [1.54, 1.807) is 26.4 Å². The number of para-hydroxylation sites is 1. The lowest BCUT2D eigenvalue weighted by Crippen LogP contribution is -2.23. The Kier molecular flexibility index (Phi) is 4.52. The van der Waals surface area contributed by atoms with Gasteiger partial charge in [0.05, 0.1) is 17.8 Å². The monoisotopic (exact) mass is 287 g/mol. The van der Waals surface area contributed by atoms with Crippen molar-refractivity contribution in [1.29, 1.82) is 0 Å². The SMILES string of the molecule is CC(Nc1ccccc1C(=O)N(C)C)c1cncc(F)c1. The van der Waals surface area contributed by atoms with Gasteiger partial charge in [-0.2, -0.15) is 0 Å². The van der Waals surface area contributed by atoms with Gasteiger partial charge in [-0.3, -0.25) is 9.78 Å². The largest absolute Gasteiger partial charge is 0.378 e. The molecular formula is C16H18FN3O. The maximum atomic E-state index is 13.2. The summed E-state index contributed by atoms with van der Waals surface area (Å²) in [7, 11) is 3.41. The molecule has 0 spiro atoms. The van der Waals surface area contributed by atoms with Crippen molar-refractivity contribution in [3.05, 3.63) is 59.7 Å².